The maximum atomic E-state index is 12.6. The zero-order chi connectivity index (χ0) is 14.7. The molecule has 8 heteroatoms. The van der Waals surface area contributed by atoms with Crippen LogP contribution in [0, 0.1) is 0 Å². The Kier molecular flexibility index (Phi) is 4.81. The molecule has 0 aliphatic rings. The van der Waals surface area contributed by atoms with Gasteiger partial charge in [0.25, 0.3) is 0 Å². The van der Waals surface area contributed by atoms with Crippen molar-refractivity contribution in [2.45, 2.75) is 25.0 Å². The van der Waals surface area contributed by atoms with Crippen LogP contribution in [0.15, 0.2) is 24.3 Å². The van der Waals surface area contributed by atoms with E-state index < -0.39 is 37.1 Å². The highest BCUT2D eigenvalue weighted by Gasteiger charge is 2.38. The minimum Gasteiger partial charge on any atom is -0.382 e. The molecule has 108 valence electrons. The maximum Gasteiger partial charge on any atom is 0.416 e. The first-order chi connectivity index (χ1) is 8.62. The molecule has 0 bridgehead atoms. The number of halogens is 6. The van der Waals surface area contributed by atoms with Gasteiger partial charge >= 0.3 is 12.4 Å². The molecule has 0 saturated heterocycles. The molecule has 2 nitrogen and oxygen atoms in total. The van der Waals surface area contributed by atoms with Gasteiger partial charge in [-0.05, 0) is 11.6 Å². The van der Waals surface area contributed by atoms with E-state index in [1.165, 1.54) is 12.1 Å². The van der Waals surface area contributed by atoms with Crippen LogP contribution in [0.2, 0.25) is 0 Å². The molecule has 0 radical (unpaired) electrons. The van der Waals surface area contributed by atoms with E-state index in [4.69, 9.17) is 5.11 Å². The van der Waals surface area contributed by atoms with Crippen LogP contribution in [0.25, 0.3) is 0 Å². The lowest BCUT2D eigenvalue weighted by Crippen LogP contribution is -2.38. The van der Waals surface area contributed by atoms with E-state index in [1.54, 1.807) is 0 Å². The number of nitrogens with one attached hydrogen (secondary N) is 1. The molecule has 0 heterocycles. The van der Waals surface area contributed by atoms with Crippen molar-refractivity contribution < 1.29 is 31.4 Å². The third-order valence-corrected chi connectivity index (χ3v) is 2.35. The van der Waals surface area contributed by atoms with Crippen LogP contribution >= 0.6 is 0 Å². The van der Waals surface area contributed by atoms with E-state index in [0.29, 0.717) is 0 Å². The summed E-state index contributed by atoms with van der Waals surface area (Å²) in [5.41, 5.74) is -1.09. The maximum absolute atomic E-state index is 12.6. The fraction of sp³-hybridized carbons (Fsp3) is 0.455. The second-order valence-electron chi connectivity index (χ2n) is 3.84. The second-order valence-corrected chi connectivity index (χ2v) is 3.84. The van der Waals surface area contributed by atoms with Gasteiger partial charge in [-0.3, -0.25) is 0 Å². The number of hydrogen-bond acceptors (Lipinski definition) is 2. The third kappa shape index (κ3) is 4.71. The smallest absolute Gasteiger partial charge is 0.382 e. The summed E-state index contributed by atoms with van der Waals surface area (Å²) in [5.74, 6) is 0. The van der Waals surface area contributed by atoms with Crippen LogP contribution in [0.4, 0.5) is 26.3 Å². The van der Waals surface area contributed by atoms with Gasteiger partial charge in [0.1, 0.15) is 0 Å². The molecule has 0 saturated carbocycles. The quantitative estimate of drug-likeness (QED) is 0.835. The van der Waals surface area contributed by atoms with Crippen molar-refractivity contribution in [2.24, 2.45) is 0 Å². The number of alkyl halides is 6. The lowest BCUT2D eigenvalue weighted by Gasteiger charge is -2.16. The summed E-state index contributed by atoms with van der Waals surface area (Å²) in [6, 6.07) is 4.55. The van der Waals surface area contributed by atoms with E-state index in [2.05, 4.69) is 5.32 Å². The van der Waals surface area contributed by atoms with Gasteiger partial charge in [0.2, 0.25) is 0 Å². The minimum atomic E-state index is -4.80. The van der Waals surface area contributed by atoms with Crippen LogP contribution in [0.1, 0.15) is 11.1 Å². The van der Waals surface area contributed by atoms with E-state index in [1.807, 2.05) is 0 Å². The topological polar surface area (TPSA) is 32.3 Å². The molecule has 0 unspecified atom stereocenters. The van der Waals surface area contributed by atoms with Gasteiger partial charge in [0, 0.05) is 13.1 Å². The molecule has 1 rings (SSSR count). The Hall–Kier alpha value is -1.28. The van der Waals surface area contributed by atoms with Crippen LogP contribution in [0.5, 0.6) is 0 Å². The lowest BCUT2D eigenvalue weighted by atomic mass is 10.1. The third-order valence-electron chi connectivity index (χ3n) is 2.35. The van der Waals surface area contributed by atoms with Gasteiger partial charge in [-0.2, -0.15) is 26.3 Å². The van der Waals surface area contributed by atoms with Gasteiger partial charge in [0.15, 0.2) is 6.10 Å². The van der Waals surface area contributed by atoms with E-state index >= 15 is 0 Å². The Morgan fingerprint density at radius 2 is 1.63 bits per heavy atom. The molecular weight excluding hydrogens is 276 g/mol. The zero-order valence-corrected chi connectivity index (χ0v) is 9.52. The average Bonchev–Trinajstić information content (AvgIpc) is 2.27. The molecule has 0 amide bonds. The van der Waals surface area contributed by atoms with Crippen molar-refractivity contribution in [1.29, 1.82) is 0 Å². The summed E-state index contributed by atoms with van der Waals surface area (Å²) in [6.07, 6.45) is -12.0. The number of aliphatic hydroxyl groups excluding tert-OH is 1. The summed E-state index contributed by atoms with van der Waals surface area (Å²) in [4.78, 5) is 0. The first kappa shape index (κ1) is 15.8. The highest BCUT2D eigenvalue weighted by atomic mass is 19.4. The number of benzene rings is 1. The zero-order valence-electron chi connectivity index (χ0n) is 9.52. The molecule has 0 spiro atoms. The van der Waals surface area contributed by atoms with Crippen molar-refractivity contribution in [3.05, 3.63) is 35.4 Å². The summed E-state index contributed by atoms with van der Waals surface area (Å²) < 4.78 is 73.6. The number of rotatable bonds is 4. The molecule has 1 atom stereocenters. The van der Waals surface area contributed by atoms with Crippen molar-refractivity contribution in [3.63, 3.8) is 0 Å². The molecule has 2 N–H and O–H groups in total. The highest BCUT2D eigenvalue weighted by molar-refractivity contribution is 5.29. The Morgan fingerprint density at radius 3 is 2.16 bits per heavy atom. The molecule has 0 aliphatic carbocycles. The number of hydrogen-bond donors (Lipinski definition) is 2. The molecule has 19 heavy (non-hydrogen) atoms. The standard InChI is InChI=1S/C11H11F6NO/c12-10(13,14)8-4-2-1-3-7(8)5-18-6-9(19)11(15,16)17/h1-4,9,18-19H,5-6H2/t9-/m1/s1. The SMILES string of the molecule is O[C@H](CNCc1ccccc1C(F)(F)F)C(F)(F)F. The molecule has 0 aliphatic heterocycles. The minimum absolute atomic E-state index is 0.177. The Balaban J connectivity index is 2.64. The average molecular weight is 287 g/mol. The van der Waals surface area contributed by atoms with Crippen molar-refractivity contribution in [2.75, 3.05) is 6.54 Å². The highest BCUT2D eigenvalue weighted by Crippen LogP contribution is 2.31. The van der Waals surface area contributed by atoms with Crippen LogP contribution < -0.4 is 5.32 Å². The normalized spacial score (nSPS) is 14.5. The van der Waals surface area contributed by atoms with E-state index in [0.717, 1.165) is 12.1 Å². The van der Waals surface area contributed by atoms with Gasteiger partial charge in [-0.1, -0.05) is 18.2 Å². The summed E-state index contributed by atoms with van der Waals surface area (Å²) in [5, 5.41) is 10.8. The van der Waals surface area contributed by atoms with Crippen LogP contribution in [-0.4, -0.2) is 23.9 Å². The lowest BCUT2D eigenvalue weighted by molar-refractivity contribution is -0.201. The predicted molar refractivity (Wildman–Crippen MR) is 55.2 cm³/mol. The van der Waals surface area contributed by atoms with E-state index in [-0.39, 0.29) is 5.56 Å². The molecular formula is C11H11F6NO. The van der Waals surface area contributed by atoms with E-state index in [9.17, 15) is 26.3 Å². The summed E-state index contributed by atoms with van der Waals surface area (Å²) in [6.45, 7) is -1.28. The number of aliphatic hydroxyl groups is 1. The predicted octanol–water partition coefficient (Wildman–Crippen LogP) is 2.72. The van der Waals surface area contributed by atoms with Crippen LogP contribution in [0.3, 0.4) is 0 Å². The van der Waals surface area contributed by atoms with Crippen molar-refractivity contribution in [3.8, 4) is 0 Å². The van der Waals surface area contributed by atoms with Crippen molar-refractivity contribution in [1.82, 2.24) is 5.32 Å². The first-order valence-electron chi connectivity index (χ1n) is 5.23. The van der Waals surface area contributed by atoms with Gasteiger partial charge in [-0.25, -0.2) is 0 Å². The fourth-order valence-corrected chi connectivity index (χ4v) is 1.41. The molecule has 1 aromatic rings. The molecule has 1 aromatic carbocycles. The Labute approximate surface area is 105 Å². The summed E-state index contributed by atoms with van der Waals surface area (Å²) in [7, 11) is 0. The second kappa shape index (κ2) is 5.79. The Morgan fingerprint density at radius 1 is 1.05 bits per heavy atom. The van der Waals surface area contributed by atoms with Crippen molar-refractivity contribution >= 4 is 0 Å². The molecule has 0 fully saturated rings. The largest absolute Gasteiger partial charge is 0.416 e. The Bertz CT molecular complexity index is 414. The summed E-state index contributed by atoms with van der Waals surface area (Å²) >= 11 is 0. The van der Waals surface area contributed by atoms with Gasteiger partial charge in [-0.15, -0.1) is 0 Å². The monoisotopic (exact) mass is 287 g/mol. The van der Waals surface area contributed by atoms with Gasteiger partial charge < -0.3 is 10.4 Å². The fourth-order valence-electron chi connectivity index (χ4n) is 1.41. The van der Waals surface area contributed by atoms with Crippen LogP contribution in [-0.2, 0) is 12.7 Å². The first-order valence-corrected chi connectivity index (χ1v) is 5.23. The van der Waals surface area contributed by atoms with Gasteiger partial charge in [0.05, 0.1) is 5.56 Å². The molecule has 0 aromatic heterocycles.